The molecule has 3 rings (SSSR count). The van der Waals surface area contributed by atoms with E-state index in [0.29, 0.717) is 24.9 Å². The van der Waals surface area contributed by atoms with E-state index < -0.39 is 0 Å². The average Bonchev–Trinajstić information content (AvgIpc) is 3.10. The van der Waals surface area contributed by atoms with E-state index in [2.05, 4.69) is 10.6 Å². The molecule has 0 aromatic heterocycles. The Bertz CT molecular complexity index is 481. The lowest BCUT2D eigenvalue weighted by Crippen LogP contribution is -2.53. The second kappa shape index (κ2) is 6.14. The first-order valence-corrected chi connectivity index (χ1v) is 8.00. The molecule has 0 aromatic carbocycles. The van der Waals surface area contributed by atoms with Crippen molar-refractivity contribution < 1.29 is 19.1 Å². The van der Waals surface area contributed by atoms with Gasteiger partial charge < -0.3 is 20.3 Å². The van der Waals surface area contributed by atoms with Crippen molar-refractivity contribution >= 4 is 17.9 Å². The van der Waals surface area contributed by atoms with Gasteiger partial charge in [0, 0.05) is 19.1 Å². The van der Waals surface area contributed by atoms with Gasteiger partial charge in [-0.3, -0.25) is 9.59 Å². The van der Waals surface area contributed by atoms with Gasteiger partial charge in [0.1, 0.15) is 6.54 Å². The predicted octanol–water partition coefficient (Wildman–Crippen LogP) is 0.106. The second-order valence-electron chi connectivity index (χ2n) is 6.48. The average molecular weight is 309 g/mol. The Hall–Kier alpha value is -1.79. The minimum Gasteiger partial charge on any atom is -0.469 e. The highest BCUT2D eigenvalue weighted by atomic mass is 16.5. The Morgan fingerprint density at radius 2 is 2.14 bits per heavy atom. The number of carbonyl (C=O) groups is 3. The van der Waals surface area contributed by atoms with Crippen LogP contribution in [0.2, 0.25) is 0 Å². The summed E-state index contributed by atoms with van der Waals surface area (Å²) in [7, 11) is 1.39. The number of fused-ring (bicyclic) bond motifs is 2. The quantitative estimate of drug-likeness (QED) is 0.721. The number of urea groups is 1. The van der Waals surface area contributed by atoms with E-state index in [4.69, 9.17) is 4.74 Å². The van der Waals surface area contributed by atoms with Crippen LogP contribution in [0.3, 0.4) is 0 Å². The summed E-state index contributed by atoms with van der Waals surface area (Å²) in [6, 6.07) is -0.342. The summed E-state index contributed by atoms with van der Waals surface area (Å²) < 4.78 is 4.90. The van der Waals surface area contributed by atoms with Crippen LogP contribution in [0.25, 0.3) is 0 Å². The topological polar surface area (TPSA) is 87.7 Å². The SMILES string of the molecule is COC(=O)[C@@H]1[C@H]2CC[C@@H](C2)[C@H]1NC(=O)CN1CCCNC1=O. The summed E-state index contributed by atoms with van der Waals surface area (Å²) in [6.07, 6.45) is 3.91. The number of nitrogens with zero attached hydrogens (tertiary/aromatic N) is 1. The highest BCUT2D eigenvalue weighted by Gasteiger charge is 2.52. The Morgan fingerprint density at radius 3 is 2.86 bits per heavy atom. The van der Waals surface area contributed by atoms with E-state index in [9.17, 15) is 14.4 Å². The molecule has 3 amide bonds. The number of amides is 3. The first kappa shape index (κ1) is 15.1. The fourth-order valence-corrected chi connectivity index (χ4v) is 4.21. The molecule has 2 aliphatic carbocycles. The minimum atomic E-state index is -0.233. The summed E-state index contributed by atoms with van der Waals surface area (Å²) in [4.78, 5) is 37.4. The number of hydrogen-bond donors (Lipinski definition) is 2. The Balaban J connectivity index is 1.60. The summed E-state index contributed by atoms with van der Waals surface area (Å²) in [5.41, 5.74) is 0. The van der Waals surface area contributed by atoms with Crippen molar-refractivity contribution in [1.82, 2.24) is 15.5 Å². The largest absolute Gasteiger partial charge is 0.469 e. The van der Waals surface area contributed by atoms with Crippen LogP contribution in [0.15, 0.2) is 0 Å². The van der Waals surface area contributed by atoms with Gasteiger partial charge in [-0.1, -0.05) is 0 Å². The van der Waals surface area contributed by atoms with Gasteiger partial charge in [0.25, 0.3) is 0 Å². The van der Waals surface area contributed by atoms with Gasteiger partial charge in [0.2, 0.25) is 5.91 Å². The second-order valence-corrected chi connectivity index (χ2v) is 6.48. The Kier molecular flexibility index (Phi) is 4.22. The van der Waals surface area contributed by atoms with Crippen molar-refractivity contribution in [2.75, 3.05) is 26.7 Å². The first-order valence-electron chi connectivity index (χ1n) is 8.00. The maximum Gasteiger partial charge on any atom is 0.317 e. The first-order chi connectivity index (χ1) is 10.6. The van der Waals surface area contributed by atoms with E-state index in [-0.39, 0.29) is 36.4 Å². The van der Waals surface area contributed by atoms with Crippen LogP contribution in [-0.4, -0.2) is 55.6 Å². The summed E-state index contributed by atoms with van der Waals surface area (Å²) in [6.45, 7) is 1.30. The van der Waals surface area contributed by atoms with Gasteiger partial charge >= 0.3 is 12.0 Å². The zero-order chi connectivity index (χ0) is 15.7. The number of methoxy groups -OCH3 is 1. The van der Waals surface area contributed by atoms with Gasteiger partial charge in [0.15, 0.2) is 0 Å². The van der Waals surface area contributed by atoms with Crippen molar-refractivity contribution in [1.29, 1.82) is 0 Å². The van der Waals surface area contributed by atoms with Crippen LogP contribution < -0.4 is 10.6 Å². The molecule has 0 radical (unpaired) electrons. The normalized spacial score (nSPS) is 33.5. The number of nitrogens with one attached hydrogen (secondary N) is 2. The lowest BCUT2D eigenvalue weighted by Gasteiger charge is -2.31. The van der Waals surface area contributed by atoms with E-state index >= 15 is 0 Å². The fraction of sp³-hybridized carbons (Fsp3) is 0.800. The number of esters is 1. The third-order valence-electron chi connectivity index (χ3n) is 5.22. The standard InChI is InChI=1S/C15H23N3O4/c1-22-14(20)12-9-3-4-10(7-9)13(12)17-11(19)8-18-6-2-5-16-15(18)21/h9-10,12-13H,2-8H2,1H3,(H,16,21)(H,17,19)/t9-,10-,12+,13+/m0/s1. The van der Waals surface area contributed by atoms with Crippen molar-refractivity contribution in [3.05, 3.63) is 0 Å². The van der Waals surface area contributed by atoms with E-state index in [1.165, 1.54) is 12.0 Å². The Labute approximate surface area is 129 Å². The van der Waals surface area contributed by atoms with E-state index in [1.807, 2.05) is 0 Å². The lowest BCUT2D eigenvalue weighted by atomic mass is 9.84. The molecule has 1 heterocycles. The van der Waals surface area contributed by atoms with Gasteiger partial charge in [-0.25, -0.2) is 4.79 Å². The van der Waals surface area contributed by atoms with Crippen LogP contribution in [0.4, 0.5) is 4.79 Å². The third-order valence-corrected chi connectivity index (χ3v) is 5.22. The number of rotatable bonds is 4. The molecule has 1 aliphatic heterocycles. The van der Waals surface area contributed by atoms with Crippen molar-refractivity contribution in [3.8, 4) is 0 Å². The Morgan fingerprint density at radius 1 is 1.36 bits per heavy atom. The molecule has 7 nitrogen and oxygen atoms in total. The molecule has 22 heavy (non-hydrogen) atoms. The molecule has 0 unspecified atom stereocenters. The van der Waals surface area contributed by atoms with Crippen molar-refractivity contribution in [3.63, 3.8) is 0 Å². The van der Waals surface area contributed by atoms with Crippen LogP contribution in [0.1, 0.15) is 25.7 Å². The third kappa shape index (κ3) is 2.76. The van der Waals surface area contributed by atoms with Gasteiger partial charge in [0.05, 0.1) is 13.0 Å². The molecule has 3 fully saturated rings. The molecular weight excluding hydrogens is 286 g/mol. The molecule has 2 N–H and O–H groups in total. The maximum atomic E-state index is 12.3. The molecule has 2 bridgehead atoms. The van der Waals surface area contributed by atoms with Crippen LogP contribution in [-0.2, 0) is 14.3 Å². The fourth-order valence-electron chi connectivity index (χ4n) is 4.21. The minimum absolute atomic E-state index is 0.0492. The molecule has 1 saturated heterocycles. The lowest BCUT2D eigenvalue weighted by molar-refractivity contribution is -0.148. The highest BCUT2D eigenvalue weighted by Crippen LogP contribution is 2.48. The maximum absolute atomic E-state index is 12.3. The molecule has 4 atom stereocenters. The zero-order valence-corrected chi connectivity index (χ0v) is 12.8. The van der Waals surface area contributed by atoms with Crippen LogP contribution in [0.5, 0.6) is 0 Å². The highest BCUT2D eigenvalue weighted by molar-refractivity contribution is 5.85. The van der Waals surface area contributed by atoms with E-state index in [1.54, 1.807) is 0 Å². The van der Waals surface area contributed by atoms with Gasteiger partial charge in [-0.15, -0.1) is 0 Å². The predicted molar refractivity (Wildman–Crippen MR) is 77.9 cm³/mol. The number of hydrogen-bond acceptors (Lipinski definition) is 4. The monoisotopic (exact) mass is 309 g/mol. The van der Waals surface area contributed by atoms with Crippen LogP contribution >= 0.6 is 0 Å². The molecule has 2 saturated carbocycles. The molecule has 122 valence electrons. The molecule has 3 aliphatic rings. The van der Waals surface area contributed by atoms with Gasteiger partial charge in [-0.05, 0) is 37.5 Å². The van der Waals surface area contributed by atoms with Crippen molar-refractivity contribution in [2.45, 2.75) is 31.7 Å². The number of ether oxygens (including phenoxy) is 1. The van der Waals surface area contributed by atoms with Crippen LogP contribution in [0, 0.1) is 17.8 Å². The zero-order valence-electron chi connectivity index (χ0n) is 12.8. The summed E-state index contributed by atoms with van der Waals surface area (Å²) in [5.74, 6) is 0.0221. The summed E-state index contributed by atoms with van der Waals surface area (Å²) >= 11 is 0. The summed E-state index contributed by atoms with van der Waals surface area (Å²) in [5, 5.41) is 5.71. The molecule has 0 aromatic rings. The molecule has 0 spiro atoms. The van der Waals surface area contributed by atoms with E-state index in [0.717, 1.165) is 25.7 Å². The van der Waals surface area contributed by atoms with Crippen molar-refractivity contribution in [2.24, 2.45) is 17.8 Å². The smallest absolute Gasteiger partial charge is 0.317 e. The number of carbonyl (C=O) groups excluding carboxylic acids is 3. The molecular formula is C15H23N3O4. The molecule has 7 heteroatoms. The van der Waals surface area contributed by atoms with Gasteiger partial charge in [-0.2, -0.15) is 0 Å².